The minimum atomic E-state index is -3.51. The third-order valence-electron chi connectivity index (χ3n) is 3.58. The van der Waals surface area contributed by atoms with Crippen LogP contribution < -0.4 is 5.73 Å². The summed E-state index contributed by atoms with van der Waals surface area (Å²) in [5.41, 5.74) is 5.63. The van der Waals surface area contributed by atoms with Crippen molar-refractivity contribution in [2.24, 2.45) is 5.73 Å². The van der Waals surface area contributed by atoms with Crippen LogP contribution in [0.4, 0.5) is 0 Å². The molecule has 5 nitrogen and oxygen atoms in total. The molecule has 0 bridgehead atoms. The van der Waals surface area contributed by atoms with Crippen LogP contribution in [0.2, 0.25) is 0 Å². The Hall–Kier alpha value is -0.470. The topological polar surface area (TPSA) is 72.6 Å². The highest BCUT2D eigenvalue weighted by molar-refractivity contribution is 7.89. The van der Waals surface area contributed by atoms with Crippen molar-refractivity contribution in [3.63, 3.8) is 0 Å². The third kappa shape index (κ3) is 4.26. The number of methoxy groups -OCH3 is 1. The maximum Gasteiger partial charge on any atom is 0.244 e. The number of thiophene rings is 1. The van der Waals surface area contributed by atoms with Crippen molar-refractivity contribution in [2.75, 3.05) is 20.3 Å². The number of rotatable bonds is 9. The van der Waals surface area contributed by atoms with Crippen LogP contribution in [0.25, 0.3) is 0 Å². The van der Waals surface area contributed by atoms with E-state index in [4.69, 9.17) is 10.5 Å². The van der Waals surface area contributed by atoms with Crippen molar-refractivity contribution >= 4 is 21.4 Å². The Labute approximate surface area is 132 Å². The number of nitrogens with zero attached hydrogens (tertiary/aromatic N) is 1. The number of aryl methyl sites for hydroxylation is 1. The minimum absolute atomic E-state index is 0.00854. The predicted octanol–water partition coefficient (Wildman–Crippen LogP) is 2.34. The molecule has 1 heterocycles. The minimum Gasteiger partial charge on any atom is -0.383 e. The van der Waals surface area contributed by atoms with E-state index in [2.05, 4.69) is 0 Å². The molecule has 0 amide bonds. The van der Waals surface area contributed by atoms with E-state index in [9.17, 15) is 8.42 Å². The van der Waals surface area contributed by atoms with Gasteiger partial charge in [-0.05, 0) is 25.8 Å². The first-order valence-electron chi connectivity index (χ1n) is 7.22. The fraction of sp³-hybridized carbons (Fsp3) is 0.714. The Bertz CT molecular complexity index is 536. The van der Waals surface area contributed by atoms with E-state index in [0.29, 0.717) is 24.6 Å². The molecule has 0 fully saturated rings. The second-order valence-corrected chi connectivity index (χ2v) is 8.12. The van der Waals surface area contributed by atoms with Gasteiger partial charge in [-0.3, -0.25) is 0 Å². The molecule has 1 rings (SSSR count). The SMILES string of the molecule is CCC(CC)N(CCOC)S(=O)(=O)c1cc(CN)sc1C. The summed E-state index contributed by atoms with van der Waals surface area (Å²) in [5, 5.41) is 0. The first-order chi connectivity index (χ1) is 9.92. The van der Waals surface area contributed by atoms with Crippen molar-refractivity contribution in [2.45, 2.75) is 51.1 Å². The summed E-state index contributed by atoms with van der Waals surface area (Å²) in [7, 11) is -1.93. The zero-order chi connectivity index (χ0) is 16.0. The lowest BCUT2D eigenvalue weighted by atomic mass is 10.2. The largest absolute Gasteiger partial charge is 0.383 e. The summed E-state index contributed by atoms with van der Waals surface area (Å²) in [6, 6.07) is 1.70. The number of ether oxygens (including phenoxy) is 1. The highest BCUT2D eigenvalue weighted by Crippen LogP contribution is 2.29. The molecular weight excluding hydrogens is 308 g/mol. The van der Waals surface area contributed by atoms with E-state index in [1.807, 2.05) is 20.8 Å². The van der Waals surface area contributed by atoms with E-state index >= 15 is 0 Å². The lowest BCUT2D eigenvalue weighted by molar-refractivity contribution is 0.163. The van der Waals surface area contributed by atoms with Gasteiger partial charge in [-0.15, -0.1) is 11.3 Å². The van der Waals surface area contributed by atoms with Crippen molar-refractivity contribution < 1.29 is 13.2 Å². The van der Waals surface area contributed by atoms with Crippen LogP contribution >= 0.6 is 11.3 Å². The molecule has 0 atom stereocenters. The summed E-state index contributed by atoms with van der Waals surface area (Å²) in [4.78, 5) is 2.07. The molecule has 0 radical (unpaired) electrons. The standard InChI is InChI=1S/C14H26N2O3S2/c1-5-12(6-2)16(7-8-19-4)21(17,18)14-9-13(10-15)20-11(14)3/h9,12H,5-8,10,15H2,1-4H3. The van der Waals surface area contributed by atoms with Gasteiger partial charge < -0.3 is 10.5 Å². The third-order valence-corrected chi connectivity index (χ3v) is 6.86. The first-order valence-corrected chi connectivity index (χ1v) is 9.48. The maximum atomic E-state index is 13.0. The Morgan fingerprint density at radius 3 is 2.43 bits per heavy atom. The van der Waals surface area contributed by atoms with Crippen LogP contribution in [0.15, 0.2) is 11.0 Å². The van der Waals surface area contributed by atoms with Crippen LogP contribution in [0.1, 0.15) is 36.4 Å². The number of sulfonamides is 1. The Morgan fingerprint density at radius 2 is 2.00 bits per heavy atom. The van der Waals surface area contributed by atoms with Gasteiger partial charge in [-0.2, -0.15) is 4.31 Å². The van der Waals surface area contributed by atoms with Gasteiger partial charge in [0.2, 0.25) is 10.0 Å². The summed E-state index contributed by atoms with van der Waals surface area (Å²) in [6.45, 7) is 6.98. The van der Waals surface area contributed by atoms with Crippen molar-refractivity contribution in [3.05, 3.63) is 15.8 Å². The van der Waals surface area contributed by atoms with Gasteiger partial charge in [0.25, 0.3) is 0 Å². The quantitative estimate of drug-likeness (QED) is 0.752. The van der Waals surface area contributed by atoms with Gasteiger partial charge in [-0.1, -0.05) is 13.8 Å². The Kier molecular flexibility index (Phi) is 7.29. The molecule has 0 spiro atoms. The molecule has 0 saturated carbocycles. The fourth-order valence-corrected chi connectivity index (χ4v) is 5.62. The second kappa shape index (κ2) is 8.24. The summed E-state index contributed by atoms with van der Waals surface area (Å²) >= 11 is 1.45. The molecule has 1 aromatic heterocycles. The second-order valence-electron chi connectivity index (χ2n) is 4.92. The maximum absolute atomic E-state index is 13.0. The van der Waals surface area contributed by atoms with Crippen molar-refractivity contribution in [3.8, 4) is 0 Å². The molecular formula is C14H26N2O3S2. The zero-order valence-electron chi connectivity index (χ0n) is 13.3. The molecule has 0 unspecified atom stereocenters. The molecule has 0 aliphatic rings. The summed E-state index contributed by atoms with van der Waals surface area (Å²) in [5.74, 6) is 0. The molecule has 0 aliphatic heterocycles. The van der Waals surface area contributed by atoms with Gasteiger partial charge in [0.15, 0.2) is 0 Å². The molecule has 21 heavy (non-hydrogen) atoms. The van der Waals surface area contributed by atoms with Crippen LogP contribution in [-0.4, -0.2) is 39.0 Å². The van der Waals surface area contributed by atoms with E-state index < -0.39 is 10.0 Å². The molecule has 0 saturated heterocycles. The van der Waals surface area contributed by atoms with E-state index in [1.54, 1.807) is 17.5 Å². The van der Waals surface area contributed by atoms with E-state index in [-0.39, 0.29) is 6.04 Å². The Balaban J connectivity index is 3.21. The van der Waals surface area contributed by atoms with Crippen LogP contribution in [-0.2, 0) is 21.3 Å². The van der Waals surface area contributed by atoms with Crippen LogP contribution in [0.3, 0.4) is 0 Å². The number of hydrogen-bond donors (Lipinski definition) is 1. The lowest BCUT2D eigenvalue weighted by Crippen LogP contribution is -2.41. The van der Waals surface area contributed by atoms with Gasteiger partial charge in [0.05, 0.1) is 11.5 Å². The molecule has 1 aromatic rings. The van der Waals surface area contributed by atoms with Gasteiger partial charge in [0.1, 0.15) is 0 Å². The van der Waals surface area contributed by atoms with Crippen molar-refractivity contribution in [1.82, 2.24) is 4.31 Å². The molecule has 0 aromatic carbocycles. The average molecular weight is 335 g/mol. The van der Waals surface area contributed by atoms with E-state index in [0.717, 1.165) is 22.6 Å². The highest BCUT2D eigenvalue weighted by atomic mass is 32.2. The lowest BCUT2D eigenvalue weighted by Gasteiger charge is -2.29. The monoisotopic (exact) mass is 334 g/mol. The van der Waals surface area contributed by atoms with Crippen LogP contribution in [0.5, 0.6) is 0 Å². The highest BCUT2D eigenvalue weighted by Gasteiger charge is 2.31. The smallest absolute Gasteiger partial charge is 0.244 e. The summed E-state index contributed by atoms with van der Waals surface area (Å²) in [6.07, 6.45) is 1.57. The number of nitrogens with two attached hydrogens (primary N) is 1. The predicted molar refractivity (Wildman–Crippen MR) is 87.1 cm³/mol. The van der Waals surface area contributed by atoms with Crippen LogP contribution in [0, 0.1) is 6.92 Å². The normalized spacial score (nSPS) is 12.5. The molecule has 0 aliphatic carbocycles. The van der Waals surface area contributed by atoms with Gasteiger partial charge >= 0.3 is 0 Å². The van der Waals surface area contributed by atoms with E-state index in [1.165, 1.54) is 11.3 Å². The molecule has 2 N–H and O–H groups in total. The average Bonchev–Trinajstić information content (AvgIpc) is 2.85. The first kappa shape index (κ1) is 18.6. The molecule has 122 valence electrons. The molecule has 7 heteroatoms. The number of hydrogen-bond acceptors (Lipinski definition) is 5. The fourth-order valence-electron chi connectivity index (χ4n) is 2.38. The van der Waals surface area contributed by atoms with Gasteiger partial charge in [0, 0.05) is 36.0 Å². The van der Waals surface area contributed by atoms with Crippen molar-refractivity contribution in [1.29, 1.82) is 0 Å². The Morgan fingerprint density at radius 1 is 1.38 bits per heavy atom. The summed E-state index contributed by atoms with van der Waals surface area (Å²) < 4.78 is 32.6. The zero-order valence-corrected chi connectivity index (χ0v) is 14.9. The van der Waals surface area contributed by atoms with Gasteiger partial charge in [-0.25, -0.2) is 8.42 Å².